The average molecular weight is 509 g/mol. The van der Waals surface area contributed by atoms with Gasteiger partial charge in [0, 0.05) is 5.02 Å². The van der Waals surface area contributed by atoms with Crippen molar-refractivity contribution >= 4 is 34.8 Å². The summed E-state index contributed by atoms with van der Waals surface area (Å²) in [5.41, 5.74) is 1.99. The summed E-state index contributed by atoms with van der Waals surface area (Å²) in [5.74, 6) is 0.0137. The van der Waals surface area contributed by atoms with Gasteiger partial charge in [-0.3, -0.25) is 4.79 Å². The van der Waals surface area contributed by atoms with E-state index >= 15 is 0 Å². The maximum atomic E-state index is 12.5. The second-order valence-electron chi connectivity index (χ2n) is 9.02. The Balaban J connectivity index is 1.70. The fraction of sp³-hybridized carbons (Fsp3) is 0.536. The number of benzene rings is 2. The molecule has 1 atom stereocenters. The molecule has 2 aromatic carbocycles. The third-order valence-electron chi connectivity index (χ3n) is 6.10. The highest BCUT2D eigenvalue weighted by Crippen LogP contribution is 2.38. The lowest BCUT2D eigenvalue weighted by Crippen LogP contribution is -2.30. The number of carbonyl (C=O) groups excluding carboxylic acids is 1. The molecular weight excluding hydrogens is 469 g/mol. The Morgan fingerprint density at radius 2 is 1.53 bits per heavy atom. The highest BCUT2D eigenvalue weighted by atomic mass is 35.5. The number of hydrogen-bond acceptors (Lipinski definition) is 3. The van der Waals surface area contributed by atoms with E-state index in [1.165, 1.54) is 75.8 Å². The number of phenols is 1. The largest absolute Gasteiger partial charge is 0.504 e. The Labute approximate surface area is 215 Å². The van der Waals surface area contributed by atoms with E-state index < -0.39 is 12.0 Å². The minimum atomic E-state index is -0.758. The molecule has 0 aliphatic rings. The molecule has 0 saturated carbocycles. The van der Waals surface area contributed by atoms with Gasteiger partial charge in [0.2, 0.25) is 0 Å². The molecule has 2 aromatic rings. The Bertz CT molecular complexity index is 900. The summed E-state index contributed by atoms with van der Waals surface area (Å²) in [7, 11) is 0. The molecule has 2 N–H and O–H groups in total. The molecule has 1 unspecified atom stereocenters. The normalized spacial score (nSPS) is 11.9. The van der Waals surface area contributed by atoms with Gasteiger partial charge in [-0.15, -0.1) is 0 Å². The van der Waals surface area contributed by atoms with Crippen molar-refractivity contribution in [2.45, 2.75) is 97.5 Å². The SMILES string of the molecule is CCCCCCCCCCCCc1ccc(OC(C)C(=O)Nc2cc(Cl)c(C)c(Cl)c2O)cc1. The lowest BCUT2D eigenvalue weighted by molar-refractivity contribution is -0.122. The van der Waals surface area contributed by atoms with Gasteiger partial charge in [-0.1, -0.05) is 100 Å². The lowest BCUT2D eigenvalue weighted by Gasteiger charge is -2.17. The molecule has 0 heterocycles. The monoisotopic (exact) mass is 507 g/mol. The molecule has 0 fully saturated rings. The average Bonchev–Trinajstić information content (AvgIpc) is 2.83. The van der Waals surface area contributed by atoms with Gasteiger partial charge in [-0.2, -0.15) is 0 Å². The highest BCUT2D eigenvalue weighted by Gasteiger charge is 2.19. The van der Waals surface area contributed by atoms with Gasteiger partial charge < -0.3 is 15.2 Å². The molecule has 34 heavy (non-hydrogen) atoms. The first-order valence-electron chi connectivity index (χ1n) is 12.6. The molecule has 1 amide bonds. The van der Waals surface area contributed by atoms with Crippen LogP contribution in [0.5, 0.6) is 11.5 Å². The van der Waals surface area contributed by atoms with E-state index in [1.807, 2.05) is 12.1 Å². The van der Waals surface area contributed by atoms with Crippen LogP contribution in [0.3, 0.4) is 0 Å². The molecule has 0 radical (unpaired) electrons. The van der Waals surface area contributed by atoms with E-state index in [-0.39, 0.29) is 16.5 Å². The maximum Gasteiger partial charge on any atom is 0.265 e. The van der Waals surface area contributed by atoms with Crippen molar-refractivity contribution in [3.63, 3.8) is 0 Å². The van der Waals surface area contributed by atoms with Gasteiger partial charge in [0.15, 0.2) is 11.9 Å². The number of phenolic OH excluding ortho intramolecular Hbond substituents is 1. The predicted molar refractivity (Wildman–Crippen MR) is 144 cm³/mol. The van der Waals surface area contributed by atoms with Crippen LogP contribution in [0.4, 0.5) is 5.69 Å². The van der Waals surface area contributed by atoms with Crippen molar-refractivity contribution in [1.29, 1.82) is 0 Å². The lowest BCUT2D eigenvalue weighted by atomic mass is 10.0. The highest BCUT2D eigenvalue weighted by molar-refractivity contribution is 6.37. The Morgan fingerprint density at radius 3 is 2.12 bits per heavy atom. The van der Waals surface area contributed by atoms with E-state index in [0.29, 0.717) is 16.3 Å². The summed E-state index contributed by atoms with van der Waals surface area (Å²) in [5, 5.41) is 13.3. The number of amides is 1. The molecule has 0 aliphatic carbocycles. The van der Waals surface area contributed by atoms with Crippen LogP contribution in [0.25, 0.3) is 0 Å². The summed E-state index contributed by atoms with van der Waals surface area (Å²) in [6.07, 6.45) is 13.6. The van der Waals surface area contributed by atoms with Crippen LogP contribution in [-0.4, -0.2) is 17.1 Å². The number of aryl methyl sites for hydroxylation is 1. The zero-order valence-electron chi connectivity index (χ0n) is 20.8. The van der Waals surface area contributed by atoms with Crippen LogP contribution < -0.4 is 10.1 Å². The standard InChI is InChI=1S/C28H39Cl2NO3/c1-4-5-6-7-8-9-10-11-12-13-14-22-15-17-23(18-16-22)34-21(3)28(33)31-25-19-24(29)20(2)26(30)27(25)32/h15-19,21,32H,4-14H2,1-3H3,(H,31,33). The minimum absolute atomic E-state index is 0.120. The first kappa shape index (κ1) is 28.3. The summed E-state index contributed by atoms with van der Waals surface area (Å²) in [6, 6.07) is 9.38. The summed E-state index contributed by atoms with van der Waals surface area (Å²) >= 11 is 12.2. The Morgan fingerprint density at radius 1 is 0.971 bits per heavy atom. The number of ether oxygens (including phenoxy) is 1. The third kappa shape index (κ3) is 9.38. The second-order valence-corrected chi connectivity index (χ2v) is 9.80. The molecule has 0 bridgehead atoms. The number of unbranched alkanes of at least 4 members (excludes halogenated alkanes) is 9. The molecule has 188 valence electrons. The fourth-order valence-electron chi connectivity index (χ4n) is 3.84. The molecule has 4 nitrogen and oxygen atoms in total. The number of halogens is 2. The van der Waals surface area contributed by atoms with Gasteiger partial charge in [0.05, 0.1) is 10.7 Å². The van der Waals surface area contributed by atoms with Crippen LogP contribution in [0, 0.1) is 6.92 Å². The molecule has 0 aliphatic heterocycles. The van der Waals surface area contributed by atoms with Crippen LogP contribution in [-0.2, 0) is 11.2 Å². The number of anilines is 1. The first-order valence-corrected chi connectivity index (χ1v) is 13.3. The zero-order valence-corrected chi connectivity index (χ0v) is 22.3. The summed E-state index contributed by atoms with van der Waals surface area (Å²) in [4.78, 5) is 12.5. The van der Waals surface area contributed by atoms with Crippen LogP contribution in [0.1, 0.15) is 89.2 Å². The van der Waals surface area contributed by atoms with E-state index in [4.69, 9.17) is 27.9 Å². The Hall–Kier alpha value is -1.91. The van der Waals surface area contributed by atoms with Gasteiger partial charge in [-0.25, -0.2) is 0 Å². The van der Waals surface area contributed by atoms with E-state index in [9.17, 15) is 9.90 Å². The molecule has 0 aromatic heterocycles. The number of nitrogens with one attached hydrogen (secondary N) is 1. The summed E-state index contributed by atoms with van der Waals surface area (Å²) < 4.78 is 5.77. The molecule has 2 rings (SSSR count). The van der Waals surface area contributed by atoms with Gasteiger partial charge in [0.1, 0.15) is 5.75 Å². The van der Waals surface area contributed by atoms with Crippen LogP contribution >= 0.6 is 23.2 Å². The molecule has 0 spiro atoms. The summed E-state index contributed by atoms with van der Waals surface area (Å²) in [6.45, 7) is 5.61. The molecular formula is C28H39Cl2NO3. The van der Waals surface area contributed by atoms with Crippen molar-refractivity contribution in [3.05, 3.63) is 51.5 Å². The minimum Gasteiger partial charge on any atom is -0.504 e. The first-order chi connectivity index (χ1) is 16.3. The third-order valence-corrected chi connectivity index (χ3v) is 6.96. The Kier molecular flexibility index (Phi) is 12.6. The van der Waals surface area contributed by atoms with Crippen LogP contribution in [0.15, 0.2) is 30.3 Å². The van der Waals surface area contributed by atoms with E-state index in [0.717, 1.165) is 6.42 Å². The number of rotatable bonds is 15. The van der Waals surface area contributed by atoms with Gasteiger partial charge in [0.25, 0.3) is 5.91 Å². The second kappa shape index (κ2) is 15.2. The van der Waals surface area contributed by atoms with Crippen molar-refractivity contribution in [3.8, 4) is 11.5 Å². The molecule has 0 saturated heterocycles. The smallest absolute Gasteiger partial charge is 0.265 e. The maximum absolute atomic E-state index is 12.5. The van der Waals surface area contributed by atoms with Crippen molar-refractivity contribution in [2.24, 2.45) is 0 Å². The number of carbonyl (C=O) groups is 1. The number of hydrogen-bond donors (Lipinski definition) is 2. The van der Waals surface area contributed by atoms with Crippen molar-refractivity contribution in [2.75, 3.05) is 5.32 Å². The van der Waals surface area contributed by atoms with Crippen molar-refractivity contribution < 1.29 is 14.6 Å². The predicted octanol–water partition coefficient (Wildman–Crippen LogP) is 8.88. The van der Waals surface area contributed by atoms with E-state index in [1.54, 1.807) is 13.8 Å². The van der Waals surface area contributed by atoms with E-state index in [2.05, 4.69) is 24.4 Å². The topological polar surface area (TPSA) is 58.6 Å². The zero-order chi connectivity index (χ0) is 24.9. The van der Waals surface area contributed by atoms with Gasteiger partial charge >= 0.3 is 0 Å². The van der Waals surface area contributed by atoms with Crippen LogP contribution in [0.2, 0.25) is 10.0 Å². The van der Waals surface area contributed by atoms with Crippen molar-refractivity contribution in [1.82, 2.24) is 0 Å². The number of aromatic hydroxyl groups is 1. The molecule has 6 heteroatoms. The fourth-order valence-corrected chi connectivity index (χ4v) is 4.30. The quantitative estimate of drug-likeness (QED) is 0.187. The van der Waals surface area contributed by atoms with Gasteiger partial charge in [-0.05, 0) is 56.0 Å².